The molecule has 0 aliphatic heterocycles. The largest absolute Gasteiger partial charge is 0.481 e. The molecule has 0 saturated carbocycles. The van der Waals surface area contributed by atoms with E-state index in [1.54, 1.807) is 18.2 Å². The Labute approximate surface area is 86.9 Å². The van der Waals surface area contributed by atoms with Crippen LogP contribution in [0.1, 0.15) is 23.7 Å². The SMILES string of the molecule is Cc1ccc([C@@H](O)CC(=O)O)c(Cl)c1. The number of aliphatic hydroxyl groups excluding tert-OH is 1. The summed E-state index contributed by atoms with van der Waals surface area (Å²) in [6, 6.07) is 5.12. The first kappa shape index (κ1) is 11.0. The lowest BCUT2D eigenvalue weighted by Gasteiger charge is -2.10. The highest BCUT2D eigenvalue weighted by molar-refractivity contribution is 6.31. The van der Waals surface area contributed by atoms with E-state index in [2.05, 4.69) is 0 Å². The van der Waals surface area contributed by atoms with Crippen molar-refractivity contribution in [1.82, 2.24) is 0 Å². The number of halogens is 1. The average Bonchev–Trinajstić information content (AvgIpc) is 2.01. The topological polar surface area (TPSA) is 57.5 Å². The maximum Gasteiger partial charge on any atom is 0.306 e. The maximum atomic E-state index is 10.4. The van der Waals surface area contributed by atoms with Gasteiger partial charge in [0.05, 0.1) is 12.5 Å². The molecule has 0 fully saturated rings. The molecule has 0 aliphatic carbocycles. The minimum absolute atomic E-state index is 0.331. The lowest BCUT2D eigenvalue weighted by atomic mass is 10.1. The van der Waals surface area contributed by atoms with E-state index in [0.717, 1.165) is 5.56 Å². The molecule has 1 aromatic rings. The van der Waals surface area contributed by atoms with Crippen LogP contribution in [0.5, 0.6) is 0 Å². The van der Waals surface area contributed by atoms with Gasteiger partial charge in [-0.15, -0.1) is 0 Å². The Hall–Kier alpha value is -1.06. The van der Waals surface area contributed by atoms with Crippen molar-refractivity contribution in [3.63, 3.8) is 0 Å². The van der Waals surface area contributed by atoms with E-state index in [4.69, 9.17) is 16.7 Å². The van der Waals surface area contributed by atoms with Crippen LogP contribution in [-0.4, -0.2) is 16.2 Å². The second-order valence-corrected chi connectivity index (χ2v) is 3.55. The molecule has 0 unspecified atom stereocenters. The monoisotopic (exact) mass is 214 g/mol. The van der Waals surface area contributed by atoms with Crippen molar-refractivity contribution in [2.75, 3.05) is 0 Å². The van der Waals surface area contributed by atoms with Crippen molar-refractivity contribution in [3.05, 3.63) is 34.3 Å². The number of carboxylic acid groups (broad SMARTS) is 1. The quantitative estimate of drug-likeness (QED) is 0.811. The predicted molar refractivity (Wildman–Crippen MR) is 53.4 cm³/mol. The molecule has 0 aliphatic rings. The number of benzene rings is 1. The third kappa shape index (κ3) is 2.72. The highest BCUT2D eigenvalue weighted by atomic mass is 35.5. The minimum Gasteiger partial charge on any atom is -0.481 e. The van der Waals surface area contributed by atoms with Crippen LogP contribution in [0, 0.1) is 6.92 Å². The number of hydrogen-bond acceptors (Lipinski definition) is 2. The molecule has 0 bridgehead atoms. The van der Waals surface area contributed by atoms with Crippen molar-refractivity contribution < 1.29 is 15.0 Å². The van der Waals surface area contributed by atoms with Crippen LogP contribution in [0.15, 0.2) is 18.2 Å². The number of carboxylic acids is 1. The van der Waals surface area contributed by atoms with Crippen LogP contribution in [0.4, 0.5) is 0 Å². The van der Waals surface area contributed by atoms with Gasteiger partial charge in [0, 0.05) is 5.02 Å². The van der Waals surface area contributed by atoms with E-state index >= 15 is 0 Å². The summed E-state index contributed by atoms with van der Waals surface area (Å²) in [6.07, 6.45) is -1.37. The Bertz CT molecular complexity index is 349. The summed E-state index contributed by atoms with van der Waals surface area (Å²) in [5.74, 6) is -1.05. The molecular weight excluding hydrogens is 204 g/mol. The Kier molecular flexibility index (Phi) is 3.49. The zero-order valence-electron chi connectivity index (χ0n) is 7.70. The van der Waals surface area contributed by atoms with Gasteiger partial charge >= 0.3 is 5.97 Å². The molecule has 4 heteroatoms. The molecule has 0 saturated heterocycles. The summed E-state index contributed by atoms with van der Waals surface area (Å²) in [5, 5.41) is 18.4. The molecule has 0 aromatic heterocycles. The molecule has 1 rings (SSSR count). The van der Waals surface area contributed by atoms with Crippen LogP contribution in [0.2, 0.25) is 5.02 Å². The third-order valence-electron chi connectivity index (χ3n) is 1.88. The molecule has 0 amide bonds. The number of aliphatic hydroxyl groups is 1. The molecule has 2 N–H and O–H groups in total. The van der Waals surface area contributed by atoms with E-state index in [-0.39, 0.29) is 6.42 Å². The first-order valence-corrected chi connectivity index (χ1v) is 4.54. The number of hydrogen-bond donors (Lipinski definition) is 2. The Morgan fingerprint density at radius 3 is 2.71 bits per heavy atom. The standard InChI is InChI=1S/C10H11ClO3/c1-6-2-3-7(8(11)4-6)9(12)5-10(13)14/h2-4,9,12H,5H2,1H3,(H,13,14)/t9-/m0/s1. The number of aryl methyl sites for hydroxylation is 1. The van der Waals surface area contributed by atoms with Gasteiger partial charge in [0.15, 0.2) is 0 Å². The summed E-state index contributed by atoms with van der Waals surface area (Å²) >= 11 is 5.85. The summed E-state index contributed by atoms with van der Waals surface area (Å²) in [4.78, 5) is 10.4. The zero-order valence-corrected chi connectivity index (χ0v) is 8.45. The lowest BCUT2D eigenvalue weighted by molar-refractivity contribution is -0.139. The summed E-state index contributed by atoms with van der Waals surface area (Å²) in [7, 11) is 0. The molecule has 0 heterocycles. The highest BCUT2D eigenvalue weighted by Gasteiger charge is 2.14. The lowest BCUT2D eigenvalue weighted by Crippen LogP contribution is -2.05. The number of carbonyl (C=O) groups is 1. The summed E-state index contributed by atoms with van der Waals surface area (Å²) in [6.45, 7) is 1.87. The smallest absolute Gasteiger partial charge is 0.306 e. The van der Waals surface area contributed by atoms with Gasteiger partial charge in [0.1, 0.15) is 0 Å². The van der Waals surface area contributed by atoms with E-state index < -0.39 is 12.1 Å². The second-order valence-electron chi connectivity index (χ2n) is 3.14. The van der Waals surface area contributed by atoms with Crippen LogP contribution in [0.25, 0.3) is 0 Å². The molecule has 1 aromatic carbocycles. The Balaban J connectivity index is 2.90. The van der Waals surface area contributed by atoms with Crippen molar-refractivity contribution >= 4 is 17.6 Å². The van der Waals surface area contributed by atoms with Gasteiger partial charge in [0.2, 0.25) is 0 Å². The van der Waals surface area contributed by atoms with E-state index in [0.29, 0.717) is 10.6 Å². The molecule has 0 spiro atoms. The third-order valence-corrected chi connectivity index (χ3v) is 2.21. The van der Waals surface area contributed by atoms with E-state index in [1.165, 1.54) is 0 Å². The van der Waals surface area contributed by atoms with Crippen LogP contribution >= 0.6 is 11.6 Å². The van der Waals surface area contributed by atoms with Crippen molar-refractivity contribution in [1.29, 1.82) is 0 Å². The van der Waals surface area contributed by atoms with E-state index in [1.807, 2.05) is 6.92 Å². The highest BCUT2D eigenvalue weighted by Crippen LogP contribution is 2.25. The minimum atomic E-state index is -1.05. The first-order valence-electron chi connectivity index (χ1n) is 4.16. The fourth-order valence-electron chi connectivity index (χ4n) is 1.18. The molecular formula is C10H11ClO3. The van der Waals surface area contributed by atoms with Crippen molar-refractivity contribution in [2.45, 2.75) is 19.4 Å². The van der Waals surface area contributed by atoms with Crippen LogP contribution < -0.4 is 0 Å². The van der Waals surface area contributed by atoms with E-state index in [9.17, 15) is 9.90 Å². The summed E-state index contributed by atoms with van der Waals surface area (Å²) < 4.78 is 0. The van der Waals surface area contributed by atoms with Gasteiger partial charge in [-0.25, -0.2) is 0 Å². The molecule has 0 radical (unpaired) electrons. The van der Waals surface area contributed by atoms with Gasteiger partial charge in [-0.1, -0.05) is 23.7 Å². The van der Waals surface area contributed by atoms with Gasteiger partial charge in [-0.2, -0.15) is 0 Å². The molecule has 76 valence electrons. The molecule has 3 nitrogen and oxygen atoms in total. The van der Waals surface area contributed by atoms with Crippen molar-refractivity contribution in [2.24, 2.45) is 0 Å². The number of aliphatic carboxylic acids is 1. The predicted octanol–water partition coefficient (Wildman–Crippen LogP) is 2.16. The fraction of sp³-hybridized carbons (Fsp3) is 0.300. The van der Waals surface area contributed by atoms with Gasteiger partial charge in [-0.3, -0.25) is 4.79 Å². The second kappa shape index (κ2) is 4.44. The first-order chi connectivity index (χ1) is 6.50. The van der Waals surface area contributed by atoms with Crippen LogP contribution in [-0.2, 0) is 4.79 Å². The van der Waals surface area contributed by atoms with Gasteiger partial charge in [-0.05, 0) is 24.1 Å². The summed E-state index contributed by atoms with van der Waals surface area (Å²) in [5.41, 5.74) is 1.43. The molecule has 1 atom stereocenters. The molecule has 14 heavy (non-hydrogen) atoms. The number of rotatable bonds is 3. The van der Waals surface area contributed by atoms with Gasteiger partial charge in [0.25, 0.3) is 0 Å². The van der Waals surface area contributed by atoms with Crippen molar-refractivity contribution in [3.8, 4) is 0 Å². The fourth-order valence-corrected chi connectivity index (χ4v) is 1.54. The normalized spacial score (nSPS) is 12.5. The average molecular weight is 215 g/mol. The Morgan fingerprint density at radius 2 is 2.21 bits per heavy atom. The maximum absolute atomic E-state index is 10.4. The van der Waals surface area contributed by atoms with Crippen LogP contribution in [0.3, 0.4) is 0 Å². The zero-order chi connectivity index (χ0) is 10.7. The Morgan fingerprint density at radius 1 is 1.57 bits per heavy atom. The van der Waals surface area contributed by atoms with Gasteiger partial charge < -0.3 is 10.2 Å².